The van der Waals surface area contributed by atoms with Gasteiger partial charge < -0.3 is 90.8 Å². The number of thioether (sulfide) groups is 1. The van der Waals surface area contributed by atoms with Crippen molar-refractivity contribution in [1.29, 1.82) is 0 Å². The quantitative estimate of drug-likeness (QED) is 0.0210. The van der Waals surface area contributed by atoms with E-state index in [2.05, 4.69) is 53.2 Å². The van der Waals surface area contributed by atoms with Crippen LogP contribution in [0.15, 0.2) is 0 Å². The zero-order valence-electron chi connectivity index (χ0n) is 49.2. The molecular formula is C49H83F6N13O18S. The van der Waals surface area contributed by atoms with Crippen molar-refractivity contribution in [1.82, 2.24) is 53.2 Å². The summed E-state index contributed by atoms with van der Waals surface area (Å²) in [6.45, 7) is 9.39. The number of carboxylic acid groups (broad SMARTS) is 3. The zero-order chi connectivity index (χ0) is 68.1. The van der Waals surface area contributed by atoms with Gasteiger partial charge in [0.05, 0.1) is 32.7 Å². The lowest BCUT2D eigenvalue weighted by Gasteiger charge is -2.29. The normalized spacial score (nSPS) is 14.5. The molecule has 0 aromatic rings. The van der Waals surface area contributed by atoms with Crippen LogP contribution in [-0.4, -0.2) is 209 Å². The molecule has 0 aromatic carbocycles. The number of carbonyl (C=O) groups excluding carboxylic acids is 11. The largest absolute Gasteiger partial charge is 0.490 e. The lowest BCUT2D eigenvalue weighted by molar-refractivity contribution is -0.193. The van der Waals surface area contributed by atoms with E-state index in [0.717, 1.165) is 0 Å². The summed E-state index contributed by atoms with van der Waals surface area (Å²) in [5, 5.41) is 57.8. The van der Waals surface area contributed by atoms with E-state index in [1.807, 2.05) is 13.8 Å². The first-order chi connectivity index (χ1) is 40.2. The average Bonchev–Trinajstić information content (AvgIpc) is 3.44. The highest BCUT2D eigenvalue weighted by molar-refractivity contribution is 7.98. The first-order valence-corrected chi connectivity index (χ1v) is 28.1. The first-order valence-electron chi connectivity index (χ1n) is 26.8. The standard InChI is InChI=1S/C45H81N13O14S.2C2HF3O2/c1-9-24(5)36(43(69)50-21-35(63)52-29(17-23(3)4)40(66)55-28(45(71)72)14-16-73-8)58-44(70)37(25(6)10-2)57-38(64)26(7)51-34(62)20-49-39(65)27(13-11-12-15-46)54-41(67)30(18-32(48)60)56-42(68)31(22-59)53-33(61)19-47;2*3-2(4,5)1(6)7/h23-31,36-37,59H,9-22,46-47H2,1-8H3,(H2,48,60)(H,49,65)(H,50,69)(H,51,62)(H,52,63)(H,53,61)(H,54,67)(H,55,66)(H,56,68)(H,57,64)(H,58,70)(H,71,72);2*(H,6,7). The third-order valence-corrected chi connectivity index (χ3v) is 12.6. The van der Waals surface area contributed by atoms with E-state index < -0.39 is 188 Å². The van der Waals surface area contributed by atoms with Crippen molar-refractivity contribution in [3.8, 4) is 0 Å². The fourth-order valence-electron chi connectivity index (χ4n) is 6.73. The molecular weight excluding hydrogens is 1200 g/mol. The van der Waals surface area contributed by atoms with Crippen molar-refractivity contribution >= 4 is 94.6 Å². The Kier molecular flexibility index (Phi) is 41.4. The second-order valence-corrected chi connectivity index (χ2v) is 20.6. The molecule has 0 radical (unpaired) electrons. The summed E-state index contributed by atoms with van der Waals surface area (Å²) >= 11 is 1.41. The van der Waals surface area contributed by atoms with E-state index in [1.165, 1.54) is 18.7 Å². The van der Waals surface area contributed by atoms with Gasteiger partial charge in [0.15, 0.2) is 0 Å². The Morgan fingerprint density at radius 1 is 0.506 bits per heavy atom. The Balaban J connectivity index is -0.00000445. The average molecular weight is 1290 g/mol. The van der Waals surface area contributed by atoms with Crippen LogP contribution in [-0.2, 0) is 67.1 Å². The molecule has 0 fully saturated rings. The van der Waals surface area contributed by atoms with Crippen LogP contribution >= 0.6 is 11.8 Å². The zero-order valence-corrected chi connectivity index (χ0v) is 50.0. The summed E-state index contributed by atoms with van der Waals surface area (Å²) in [6, 6.07) is -10.5. The number of hydrogen-bond acceptors (Lipinski definition) is 18. The highest BCUT2D eigenvalue weighted by Crippen LogP contribution is 2.15. The Morgan fingerprint density at radius 2 is 0.931 bits per heavy atom. The number of halogens is 6. The number of rotatable bonds is 37. The van der Waals surface area contributed by atoms with Gasteiger partial charge in [-0.05, 0) is 75.3 Å². The maximum Gasteiger partial charge on any atom is 0.490 e. The van der Waals surface area contributed by atoms with E-state index in [-0.39, 0.29) is 31.7 Å². The number of amides is 11. The van der Waals surface area contributed by atoms with Crippen LogP contribution in [0.5, 0.6) is 0 Å². The Hall–Kier alpha value is -7.61. The number of aliphatic hydroxyl groups excluding tert-OH is 1. The third-order valence-electron chi connectivity index (χ3n) is 11.9. The molecule has 20 N–H and O–H groups in total. The number of alkyl halides is 6. The molecule has 0 rings (SSSR count). The Morgan fingerprint density at radius 3 is 1.36 bits per heavy atom. The SMILES string of the molecule is CCC(C)C(NC(=O)C(C)NC(=O)CNC(=O)C(CCCCN)NC(=O)C(CC(N)=O)NC(=O)C(CO)NC(=O)CN)C(=O)NC(C(=O)NCC(=O)NC(CC(C)C)C(=O)NC(CCSC)C(=O)O)C(C)CC.O=C(O)C(F)(F)F.O=C(O)C(F)(F)F. The third kappa shape index (κ3) is 36.9. The van der Waals surface area contributed by atoms with Gasteiger partial charge in [0.25, 0.3) is 0 Å². The molecule has 500 valence electrons. The van der Waals surface area contributed by atoms with Gasteiger partial charge in [0, 0.05) is 0 Å². The molecule has 0 aliphatic rings. The number of nitrogens with one attached hydrogen (secondary N) is 10. The fraction of sp³-hybridized carbons (Fsp3) is 0.714. The Bertz CT molecular complexity index is 2280. The predicted octanol–water partition coefficient (Wildman–Crippen LogP) is -3.68. The minimum absolute atomic E-state index is 0.0120. The highest BCUT2D eigenvalue weighted by atomic mass is 32.2. The summed E-state index contributed by atoms with van der Waals surface area (Å²) in [4.78, 5) is 173. The van der Waals surface area contributed by atoms with Gasteiger partial charge >= 0.3 is 30.3 Å². The van der Waals surface area contributed by atoms with Gasteiger partial charge in [-0.2, -0.15) is 38.1 Å². The van der Waals surface area contributed by atoms with Crippen LogP contribution in [0.1, 0.15) is 99.8 Å². The second-order valence-electron chi connectivity index (χ2n) is 19.6. The van der Waals surface area contributed by atoms with Crippen molar-refractivity contribution in [2.75, 3.05) is 44.8 Å². The van der Waals surface area contributed by atoms with Crippen molar-refractivity contribution < 1.29 is 114 Å². The van der Waals surface area contributed by atoms with Crippen LogP contribution in [0.2, 0.25) is 0 Å². The van der Waals surface area contributed by atoms with Crippen LogP contribution in [0.4, 0.5) is 26.3 Å². The van der Waals surface area contributed by atoms with Crippen molar-refractivity contribution in [2.45, 2.75) is 161 Å². The van der Waals surface area contributed by atoms with Gasteiger partial charge in [-0.25, -0.2) is 14.4 Å². The second kappa shape index (κ2) is 43.1. The highest BCUT2D eigenvalue weighted by Gasteiger charge is 2.40. The molecule has 0 aromatic heterocycles. The summed E-state index contributed by atoms with van der Waals surface area (Å²) in [7, 11) is 0. The topological polar surface area (TPSA) is 518 Å². The molecule has 87 heavy (non-hydrogen) atoms. The van der Waals surface area contributed by atoms with Crippen molar-refractivity contribution in [2.24, 2.45) is 35.0 Å². The van der Waals surface area contributed by atoms with Gasteiger partial charge in [-0.15, -0.1) is 0 Å². The maximum absolute atomic E-state index is 13.9. The van der Waals surface area contributed by atoms with E-state index in [9.17, 15) is 94.1 Å². The summed E-state index contributed by atoms with van der Waals surface area (Å²) in [5.74, 6) is -16.7. The van der Waals surface area contributed by atoms with E-state index in [1.54, 1.807) is 34.0 Å². The van der Waals surface area contributed by atoms with Gasteiger partial charge in [-0.3, -0.25) is 52.7 Å². The molecule has 0 spiro atoms. The molecule has 10 unspecified atom stereocenters. The van der Waals surface area contributed by atoms with Gasteiger partial charge in [-0.1, -0.05) is 54.4 Å². The van der Waals surface area contributed by atoms with E-state index >= 15 is 0 Å². The van der Waals surface area contributed by atoms with Crippen LogP contribution < -0.4 is 70.4 Å². The van der Waals surface area contributed by atoms with Crippen LogP contribution in [0, 0.1) is 17.8 Å². The molecule has 10 atom stereocenters. The predicted molar refractivity (Wildman–Crippen MR) is 296 cm³/mol. The minimum Gasteiger partial charge on any atom is -0.480 e. The number of hydrogen-bond donors (Lipinski definition) is 17. The maximum atomic E-state index is 13.9. The summed E-state index contributed by atoms with van der Waals surface area (Å²) < 4.78 is 63.5. The number of carboxylic acids is 3. The number of primary amides is 1. The van der Waals surface area contributed by atoms with Gasteiger partial charge in [0.2, 0.25) is 65.0 Å². The summed E-state index contributed by atoms with van der Waals surface area (Å²) in [6.07, 6.45) is -7.26. The first kappa shape index (κ1) is 83.6. The molecule has 0 aliphatic heterocycles. The lowest BCUT2D eigenvalue weighted by atomic mass is 9.94. The molecule has 0 bridgehead atoms. The number of aliphatic hydroxyl groups is 1. The molecule has 31 nitrogen and oxygen atoms in total. The van der Waals surface area contributed by atoms with E-state index in [4.69, 9.17) is 37.0 Å². The van der Waals surface area contributed by atoms with Gasteiger partial charge in [0.1, 0.15) is 48.3 Å². The molecule has 0 heterocycles. The summed E-state index contributed by atoms with van der Waals surface area (Å²) in [5.41, 5.74) is 16.1. The van der Waals surface area contributed by atoms with Crippen LogP contribution in [0.3, 0.4) is 0 Å². The number of carbonyl (C=O) groups is 14. The molecule has 0 saturated carbocycles. The monoisotopic (exact) mass is 1290 g/mol. The smallest absolute Gasteiger partial charge is 0.480 e. The minimum atomic E-state index is -5.08. The number of nitrogens with two attached hydrogens (primary N) is 3. The molecule has 11 amide bonds. The molecule has 0 saturated heterocycles. The molecule has 38 heteroatoms. The van der Waals surface area contributed by atoms with Crippen LogP contribution in [0.25, 0.3) is 0 Å². The lowest BCUT2D eigenvalue weighted by Crippen LogP contribution is -2.60. The Labute approximate surface area is 500 Å². The number of aliphatic carboxylic acids is 3. The molecule has 0 aliphatic carbocycles. The van der Waals surface area contributed by atoms with Crippen molar-refractivity contribution in [3.05, 3.63) is 0 Å². The number of unbranched alkanes of at least 4 members (excludes halogenated alkanes) is 1. The van der Waals surface area contributed by atoms with Crippen molar-refractivity contribution in [3.63, 3.8) is 0 Å². The van der Waals surface area contributed by atoms with E-state index in [0.29, 0.717) is 31.4 Å². The fourth-order valence-corrected chi connectivity index (χ4v) is 7.20.